The number of ether oxygens (including phenoxy) is 2. The molecule has 2 aliphatic carbocycles. The lowest BCUT2D eigenvalue weighted by Gasteiger charge is -2.49. The number of halogens is 5. The van der Waals surface area contributed by atoms with Crippen LogP contribution >= 0.6 is 23.2 Å². The number of hydrogen-bond acceptors (Lipinski definition) is 9. The van der Waals surface area contributed by atoms with E-state index in [0.29, 0.717) is 40.4 Å². The molecule has 0 spiro atoms. The molecule has 6 unspecified atom stereocenters. The lowest BCUT2D eigenvalue weighted by atomic mass is 9.50. The third-order valence-electron chi connectivity index (χ3n) is 11.1. The molecule has 11 nitrogen and oxygen atoms in total. The Morgan fingerprint density at radius 3 is 2.27 bits per heavy atom. The van der Waals surface area contributed by atoms with Gasteiger partial charge in [-0.25, -0.2) is 4.98 Å². The maximum atomic E-state index is 15.2. The van der Waals surface area contributed by atoms with Gasteiger partial charge in [-0.1, -0.05) is 66.1 Å². The maximum absolute atomic E-state index is 15.2. The zero-order chi connectivity index (χ0) is 39.6. The zero-order valence-corrected chi connectivity index (χ0v) is 31.2. The second-order valence-corrected chi connectivity index (χ2v) is 14.8. The number of fused-ring (bicyclic) bond motifs is 4. The molecule has 3 aromatic rings. The molecule has 4 aliphatic rings. The van der Waals surface area contributed by atoms with Crippen molar-refractivity contribution in [1.29, 1.82) is 0 Å². The van der Waals surface area contributed by atoms with Crippen molar-refractivity contribution in [2.75, 3.05) is 26.2 Å². The number of anilines is 1. The molecule has 288 valence electrons. The summed E-state index contributed by atoms with van der Waals surface area (Å²) in [5.41, 5.74) is 1.38. The molecule has 0 bridgehead atoms. The van der Waals surface area contributed by atoms with E-state index in [9.17, 15) is 32.7 Å². The first-order valence-electron chi connectivity index (χ1n) is 17.5. The van der Waals surface area contributed by atoms with Crippen LogP contribution in [0.5, 0.6) is 17.2 Å². The molecule has 7 rings (SSSR count). The van der Waals surface area contributed by atoms with Gasteiger partial charge in [0.1, 0.15) is 0 Å². The van der Waals surface area contributed by atoms with Crippen LogP contribution in [0.3, 0.4) is 0 Å². The minimum atomic E-state index is -4.75. The molecule has 1 aromatic heterocycles. The number of alkyl halides is 3. The lowest BCUT2D eigenvalue weighted by molar-refractivity contribution is -0.141. The minimum Gasteiger partial charge on any atom is -0.502 e. The fourth-order valence-electron chi connectivity index (χ4n) is 8.76. The third-order valence-corrected chi connectivity index (χ3v) is 11.7. The molecule has 2 aliphatic heterocycles. The number of amides is 4. The van der Waals surface area contributed by atoms with Gasteiger partial charge in [0.15, 0.2) is 17.3 Å². The van der Waals surface area contributed by atoms with Crippen LogP contribution in [-0.4, -0.2) is 64.4 Å². The van der Waals surface area contributed by atoms with Crippen molar-refractivity contribution in [2.45, 2.75) is 37.8 Å². The number of pyridine rings is 1. The van der Waals surface area contributed by atoms with Gasteiger partial charge in [-0.05, 0) is 66.6 Å². The summed E-state index contributed by atoms with van der Waals surface area (Å²) in [6.45, 7) is 2.11. The van der Waals surface area contributed by atoms with Crippen LogP contribution in [0, 0.1) is 29.6 Å². The van der Waals surface area contributed by atoms with E-state index >= 15 is 4.79 Å². The Kier molecular flexibility index (Phi) is 9.87. The molecule has 0 radical (unpaired) electrons. The Bertz CT molecular complexity index is 2140. The molecule has 4 amide bonds. The SMILES string of the molecule is CCCN1C(=O)C2CC=C3C(CC4C(=O)N(Nc5ncc(C(F)(F)F)cc5Cl)C(=O)C4(c4ccc(Cl)cc4)C3C=Cc3cc(OC)c(O)c(OC)c3)C2C1=O. The van der Waals surface area contributed by atoms with E-state index in [1.54, 1.807) is 48.6 Å². The number of rotatable bonds is 9. The average molecular weight is 800 g/mol. The van der Waals surface area contributed by atoms with E-state index in [0.717, 1.165) is 5.01 Å². The summed E-state index contributed by atoms with van der Waals surface area (Å²) in [6.07, 6.45) is 1.89. The lowest BCUT2D eigenvalue weighted by Crippen LogP contribution is -2.54. The van der Waals surface area contributed by atoms with Crippen molar-refractivity contribution in [3.8, 4) is 17.2 Å². The topological polar surface area (TPSA) is 138 Å². The van der Waals surface area contributed by atoms with Crippen molar-refractivity contribution in [3.63, 3.8) is 0 Å². The molecular weight excluding hydrogens is 764 g/mol. The molecule has 1 saturated carbocycles. The summed E-state index contributed by atoms with van der Waals surface area (Å²) in [4.78, 5) is 62.7. The summed E-state index contributed by atoms with van der Waals surface area (Å²) in [5, 5.41) is 11.2. The number of aromatic nitrogens is 1. The number of nitrogens with one attached hydrogen (secondary N) is 1. The molecule has 3 fully saturated rings. The number of phenolic OH excluding ortho intramolecular Hbond substituents is 1. The highest BCUT2D eigenvalue weighted by Gasteiger charge is 2.69. The van der Waals surface area contributed by atoms with Gasteiger partial charge in [0.25, 0.3) is 11.8 Å². The van der Waals surface area contributed by atoms with Crippen LogP contribution in [0.25, 0.3) is 6.08 Å². The number of phenols is 1. The third kappa shape index (κ3) is 6.10. The van der Waals surface area contributed by atoms with Crippen molar-refractivity contribution in [2.24, 2.45) is 29.6 Å². The number of carbonyl (C=O) groups excluding carboxylic acids is 4. The van der Waals surface area contributed by atoms with Gasteiger partial charge in [0, 0.05) is 23.7 Å². The minimum absolute atomic E-state index is 0.00324. The first kappa shape index (κ1) is 38.2. The standard InChI is InChI=1S/C39H35Cl2F3N4O7/c1-4-13-47-34(50)24-11-10-23-25(31(24)36(47)52)17-27-35(51)48(46-33-28(41)16-21(18-45-33)39(42,43)44)37(53)38(27,20-6-8-22(40)9-7-20)26(23)12-5-19-14-29(54-2)32(49)30(15-19)55-3/h5-10,12,14-16,18,24-27,31,49H,4,11,13,17H2,1-3H3,(H,45,46). The van der Waals surface area contributed by atoms with Crippen LogP contribution in [0.2, 0.25) is 10.0 Å². The van der Waals surface area contributed by atoms with E-state index in [-0.39, 0.29) is 54.3 Å². The maximum Gasteiger partial charge on any atom is 0.417 e. The average Bonchev–Trinajstić information content (AvgIpc) is 3.52. The Morgan fingerprint density at radius 1 is 1.00 bits per heavy atom. The summed E-state index contributed by atoms with van der Waals surface area (Å²) < 4.78 is 51.1. The quantitative estimate of drug-likeness (QED) is 0.172. The number of methoxy groups -OCH3 is 2. The normalized spacial score (nSPS) is 26.3. The monoisotopic (exact) mass is 798 g/mol. The van der Waals surface area contributed by atoms with Gasteiger partial charge in [0.05, 0.1) is 48.0 Å². The van der Waals surface area contributed by atoms with Crippen LogP contribution < -0.4 is 14.9 Å². The van der Waals surface area contributed by atoms with E-state index in [1.807, 2.05) is 13.0 Å². The number of imide groups is 2. The summed E-state index contributed by atoms with van der Waals surface area (Å²) in [5.74, 6) is -6.61. The number of hydrogen-bond donors (Lipinski definition) is 2. The van der Waals surface area contributed by atoms with E-state index < -0.39 is 63.6 Å². The first-order chi connectivity index (χ1) is 26.2. The number of nitrogens with zero attached hydrogens (tertiary/aromatic N) is 3. The molecule has 2 saturated heterocycles. The Balaban J connectivity index is 1.42. The van der Waals surface area contributed by atoms with Crippen LogP contribution in [0.1, 0.15) is 42.9 Å². The zero-order valence-electron chi connectivity index (χ0n) is 29.7. The molecule has 2 aromatic carbocycles. The molecule has 3 heterocycles. The highest BCUT2D eigenvalue weighted by Crippen LogP contribution is 2.61. The number of hydrazine groups is 1. The number of carbonyl (C=O) groups is 4. The highest BCUT2D eigenvalue weighted by atomic mass is 35.5. The molecule has 6 atom stereocenters. The number of likely N-dealkylation sites (tertiary alicyclic amines) is 1. The molecular formula is C39H35Cl2F3N4O7. The fourth-order valence-corrected chi connectivity index (χ4v) is 9.09. The van der Waals surface area contributed by atoms with E-state index in [1.165, 1.54) is 19.1 Å². The van der Waals surface area contributed by atoms with Crippen LogP contribution in [0.15, 0.2) is 66.4 Å². The van der Waals surface area contributed by atoms with Gasteiger partial charge in [-0.15, -0.1) is 0 Å². The van der Waals surface area contributed by atoms with Crippen molar-refractivity contribution in [3.05, 3.63) is 93.1 Å². The Hall–Kier alpha value is -5.08. The highest BCUT2D eigenvalue weighted by molar-refractivity contribution is 6.33. The second kappa shape index (κ2) is 14.2. The largest absolute Gasteiger partial charge is 0.502 e. The van der Waals surface area contributed by atoms with Gasteiger partial charge < -0.3 is 14.6 Å². The predicted octanol–water partition coefficient (Wildman–Crippen LogP) is 7.07. The Labute approximate surface area is 323 Å². The molecule has 2 N–H and O–H groups in total. The van der Waals surface area contributed by atoms with Gasteiger partial charge in [0.2, 0.25) is 17.6 Å². The first-order valence-corrected chi connectivity index (χ1v) is 18.2. The Morgan fingerprint density at radius 2 is 1.67 bits per heavy atom. The van der Waals surface area contributed by atoms with Crippen molar-refractivity contribution < 1.29 is 46.9 Å². The summed E-state index contributed by atoms with van der Waals surface area (Å²) >= 11 is 12.6. The summed E-state index contributed by atoms with van der Waals surface area (Å²) in [7, 11) is 2.75. The molecule has 55 heavy (non-hydrogen) atoms. The van der Waals surface area contributed by atoms with Crippen molar-refractivity contribution in [1.82, 2.24) is 14.9 Å². The van der Waals surface area contributed by atoms with Gasteiger partial charge in [-0.2, -0.15) is 18.2 Å². The summed E-state index contributed by atoms with van der Waals surface area (Å²) in [6, 6.07) is 10.2. The van der Waals surface area contributed by atoms with Crippen LogP contribution in [-0.2, 0) is 30.8 Å². The van der Waals surface area contributed by atoms with Crippen molar-refractivity contribution >= 4 is 58.7 Å². The second-order valence-electron chi connectivity index (χ2n) is 13.9. The molecule has 16 heteroatoms. The van der Waals surface area contributed by atoms with Gasteiger partial charge >= 0.3 is 6.18 Å². The fraction of sp³-hybridized carbons (Fsp3) is 0.359. The predicted molar refractivity (Wildman–Crippen MR) is 195 cm³/mol. The van der Waals surface area contributed by atoms with Crippen LogP contribution in [0.4, 0.5) is 19.0 Å². The van der Waals surface area contributed by atoms with E-state index in [4.69, 9.17) is 32.7 Å². The number of allylic oxidation sites excluding steroid dienone is 3. The number of aromatic hydroxyl groups is 1. The van der Waals surface area contributed by atoms with Gasteiger partial charge in [-0.3, -0.25) is 29.5 Å². The van der Waals surface area contributed by atoms with E-state index in [2.05, 4.69) is 10.4 Å². The smallest absolute Gasteiger partial charge is 0.417 e. The number of benzene rings is 2.